The number of carbonyl (C=O) groups is 2. The third-order valence-corrected chi connectivity index (χ3v) is 6.30. The highest BCUT2D eigenvalue weighted by Gasteiger charge is 2.24. The van der Waals surface area contributed by atoms with Crippen molar-refractivity contribution in [1.82, 2.24) is 4.98 Å². The number of anilines is 1. The van der Waals surface area contributed by atoms with Crippen molar-refractivity contribution in [1.29, 1.82) is 0 Å². The van der Waals surface area contributed by atoms with Crippen LogP contribution in [-0.4, -0.2) is 27.1 Å². The maximum absolute atomic E-state index is 12.7. The minimum absolute atomic E-state index is 0.0298. The van der Waals surface area contributed by atoms with Crippen molar-refractivity contribution < 1.29 is 24.2 Å². The largest absolute Gasteiger partial charge is 0.504 e. The topological polar surface area (TPSA) is 113 Å². The summed E-state index contributed by atoms with van der Waals surface area (Å²) in [4.78, 5) is 28.9. The number of fused-ring (bicyclic) bond motifs is 2. The zero-order valence-electron chi connectivity index (χ0n) is 15.1. The zero-order chi connectivity index (χ0) is 20.8. The highest BCUT2D eigenvalue weighted by atomic mass is 32.1. The number of nitrogens with one attached hydrogen (secondary N) is 1. The monoisotopic (exact) mass is 436 g/mol. The van der Waals surface area contributed by atoms with Crippen molar-refractivity contribution in [2.75, 3.05) is 5.32 Å². The molecule has 0 aliphatic rings. The number of carboxylic acids is 1. The second-order valence-electron chi connectivity index (χ2n) is 6.45. The number of aromatic carboxylic acids is 1. The van der Waals surface area contributed by atoms with Crippen LogP contribution >= 0.6 is 22.7 Å². The van der Waals surface area contributed by atoms with Gasteiger partial charge in [-0.15, -0.1) is 22.7 Å². The van der Waals surface area contributed by atoms with Crippen molar-refractivity contribution in [2.45, 2.75) is 0 Å². The van der Waals surface area contributed by atoms with E-state index in [1.54, 1.807) is 47.3 Å². The van der Waals surface area contributed by atoms with E-state index in [4.69, 9.17) is 4.42 Å². The Kier molecular flexibility index (Phi) is 4.27. The van der Waals surface area contributed by atoms with Gasteiger partial charge in [-0.1, -0.05) is 12.1 Å². The fourth-order valence-corrected chi connectivity index (χ4v) is 4.85. The molecule has 5 aromatic rings. The number of nitrogens with zero attached hydrogens (tertiary/aromatic N) is 1. The van der Waals surface area contributed by atoms with Gasteiger partial charge in [-0.25, -0.2) is 9.78 Å². The highest BCUT2D eigenvalue weighted by molar-refractivity contribution is 7.16. The summed E-state index contributed by atoms with van der Waals surface area (Å²) in [5, 5.41) is 24.9. The molecule has 3 N–H and O–H groups in total. The molecule has 3 heterocycles. The number of carbonyl (C=O) groups excluding carboxylic acids is 1. The van der Waals surface area contributed by atoms with Crippen LogP contribution in [0, 0.1) is 0 Å². The van der Waals surface area contributed by atoms with Crippen molar-refractivity contribution in [3.05, 3.63) is 64.5 Å². The average Bonchev–Trinajstić information content (AvgIpc) is 3.45. The van der Waals surface area contributed by atoms with E-state index in [9.17, 15) is 19.8 Å². The molecule has 3 aromatic heterocycles. The van der Waals surface area contributed by atoms with Crippen LogP contribution in [0.4, 0.5) is 5.00 Å². The smallest absolute Gasteiger partial charge is 0.339 e. The second-order valence-corrected chi connectivity index (χ2v) is 8.22. The molecule has 0 bridgehead atoms. The summed E-state index contributed by atoms with van der Waals surface area (Å²) < 4.78 is 6.56. The molecule has 0 spiro atoms. The molecule has 5 rings (SSSR count). The Morgan fingerprint density at radius 1 is 1.10 bits per heavy atom. The van der Waals surface area contributed by atoms with E-state index in [2.05, 4.69) is 10.3 Å². The lowest BCUT2D eigenvalue weighted by atomic mass is 10.1. The molecule has 0 saturated heterocycles. The predicted octanol–water partition coefficient (Wildman–Crippen LogP) is 5.43. The summed E-state index contributed by atoms with van der Waals surface area (Å²) in [5.74, 6) is -1.34. The number of phenolic OH excluding ortho intramolecular Hbond substituents is 1. The minimum atomic E-state index is -1.19. The fourth-order valence-electron chi connectivity index (χ4n) is 3.20. The summed E-state index contributed by atoms with van der Waals surface area (Å²) in [6.45, 7) is 0. The molecule has 30 heavy (non-hydrogen) atoms. The van der Waals surface area contributed by atoms with Crippen LogP contribution in [0.5, 0.6) is 5.75 Å². The van der Waals surface area contributed by atoms with Gasteiger partial charge in [-0.05, 0) is 30.3 Å². The van der Waals surface area contributed by atoms with Crippen LogP contribution in [0.3, 0.4) is 0 Å². The molecule has 7 nitrogen and oxygen atoms in total. The molecule has 9 heteroatoms. The van der Waals surface area contributed by atoms with E-state index >= 15 is 0 Å². The number of aromatic hydroxyl groups is 1. The van der Waals surface area contributed by atoms with Gasteiger partial charge in [0, 0.05) is 21.9 Å². The number of hydrogen-bond acceptors (Lipinski definition) is 7. The standard InChI is InChI=1S/C21H12N2O5S2/c24-14-3-1-2-10-6-15(28-18(10)14)12-8-29-20(17(12)21(26)27)23-19(25)11-4-5-13-16(7-11)30-9-22-13/h1-9,24H,(H,23,25)(H,26,27). The van der Waals surface area contributed by atoms with E-state index in [0.29, 0.717) is 22.3 Å². The first kappa shape index (κ1) is 18.3. The van der Waals surface area contributed by atoms with E-state index < -0.39 is 11.9 Å². The van der Waals surface area contributed by atoms with Gasteiger partial charge in [0.25, 0.3) is 5.91 Å². The Morgan fingerprint density at radius 2 is 1.97 bits per heavy atom. The van der Waals surface area contributed by atoms with Crippen LogP contribution in [0.1, 0.15) is 20.7 Å². The summed E-state index contributed by atoms with van der Waals surface area (Å²) >= 11 is 2.52. The molecule has 0 aliphatic heterocycles. The third kappa shape index (κ3) is 3.00. The number of para-hydroxylation sites is 1. The lowest BCUT2D eigenvalue weighted by Gasteiger charge is -2.05. The average molecular weight is 436 g/mol. The number of rotatable bonds is 4. The number of benzene rings is 2. The highest BCUT2D eigenvalue weighted by Crippen LogP contribution is 2.39. The van der Waals surface area contributed by atoms with Crippen molar-refractivity contribution >= 4 is 60.7 Å². The van der Waals surface area contributed by atoms with E-state index in [0.717, 1.165) is 21.6 Å². The Bertz CT molecular complexity index is 1450. The molecule has 148 valence electrons. The van der Waals surface area contributed by atoms with Gasteiger partial charge in [-0.3, -0.25) is 4.79 Å². The van der Waals surface area contributed by atoms with E-state index in [1.165, 1.54) is 17.4 Å². The molecule has 0 radical (unpaired) electrons. The number of thiophene rings is 1. The van der Waals surface area contributed by atoms with Crippen LogP contribution in [0.2, 0.25) is 0 Å². The summed E-state index contributed by atoms with van der Waals surface area (Å²) in [5.41, 5.74) is 3.45. The minimum Gasteiger partial charge on any atom is -0.504 e. The number of furan rings is 1. The van der Waals surface area contributed by atoms with Crippen LogP contribution in [0.15, 0.2) is 57.8 Å². The maximum Gasteiger partial charge on any atom is 0.339 e. The quantitative estimate of drug-likeness (QED) is 0.346. The van der Waals surface area contributed by atoms with Gasteiger partial charge in [0.15, 0.2) is 11.3 Å². The number of thiazole rings is 1. The first-order valence-electron chi connectivity index (χ1n) is 8.72. The predicted molar refractivity (Wildman–Crippen MR) is 116 cm³/mol. The Hall–Kier alpha value is -3.69. The van der Waals surface area contributed by atoms with Crippen LogP contribution < -0.4 is 5.32 Å². The van der Waals surface area contributed by atoms with Crippen LogP contribution in [-0.2, 0) is 0 Å². The number of aromatic nitrogens is 1. The zero-order valence-corrected chi connectivity index (χ0v) is 16.7. The van der Waals surface area contributed by atoms with Gasteiger partial charge >= 0.3 is 5.97 Å². The molecular formula is C21H12N2O5S2. The molecule has 1 amide bonds. The van der Waals surface area contributed by atoms with Crippen molar-refractivity contribution in [2.24, 2.45) is 0 Å². The van der Waals surface area contributed by atoms with E-state index in [1.807, 2.05) is 0 Å². The summed E-state index contributed by atoms with van der Waals surface area (Å²) in [7, 11) is 0. The third-order valence-electron chi connectivity index (χ3n) is 4.61. The summed E-state index contributed by atoms with van der Waals surface area (Å²) in [6, 6.07) is 11.7. The van der Waals surface area contributed by atoms with Gasteiger partial charge in [-0.2, -0.15) is 0 Å². The van der Waals surface area contributed by atoms with Gasteiger partial charge in [0.2, 0.25) is 0 Å². The van der Waals surface area contributed by atoms with Gasteiger partial charge in [0.05, 0.1) is 15.7 Å². The van der Waals surface area contributed by atoms with E-state index in [-0.39, 0.29) is 21.9 Å². The molecule has 2 aromatic carbocycles. The van der Waals surface area contributed by atoms with Crippen molar-refractivity contribution in [3.8, 4) is 17.1 Å². The first-order chi connectivity index (χ1) is 14.5. The molecule has 0 saturated carbocycles. The molecule has 0 aliphatic carbocycles. The normalized spacial score (nSPS) is 11.2. The lowest BCUT2D eigenvalue weighted by Crippen LogP contribution is -2.13. The second kappa shape index (κ2) is 6.97. The molecule has 0 atom stereocenters. The maximum atomic E-state index is 12.7. The Morgan fingerprint density at radius 3 is 2.77 bits per heavy atom. The molecule has 0 unspecified atom stereocenters. The Balaban J connectivity index is 1.52. The van der Waals surface area contributed by atoms with Crippen LogP contribution in [0.25, 0.3) is 32.5 Å². The number of carboxylic acid groups (broad SMARTS) is 1. The van der Waals surface area contributed by atoms with Crippen molar-refractivity contribution in [3.63, 3.8) is 0 Å². The SMILES string of the molecule is O=C(Nc1scc(-c2cc3cccc(O)c3o2)c1C(=O)O)c1ccc2ncsc2c1. The van der Waals surface area contributed by atoms with Gasteiger partial charge < -0.3 is 19.9 Å². The lowest BCUT2D eigenvalue weighted by molar-refractivity contribution is 0.0699. The molecule has 0 fully saturated rings. The summed E-state index contributed by atoms with van der Waals surface area (Å²) in [6.07, 6.45) is 0. The fraction of sp³-hybridized carbons (Fsp3) is 0. The number of hydrogen-bond donors (Lipinski definition) is 3. The number of amides is 1. The molecular weight excluding hydrogens is 424 g/mol. The number of phenols is 1. The first-order valence-corrected chi connectivity index (χ1v) is 10.5. The Labute approximate surface area is 176 Å². The van der Waals surface area contributed by atoms with Gasteiger partial charge in [0.1, 0.15) is 16.3 Å².